The summed E-state index contributed by atoms with van der Waals surface area (Å²) in [5.41, 5.74) is 1.52. The summed E-state index contributed by atoms with van der Waals surface area (Å²) in [6.45, 7) is 8.23. The molecule has 1 aliphatic heterocycles. The lowest BCUT2D eigenvalue weighted by Gasteiger charge is -2.28. The maximum absolute atomic E-state index is 2.56. The molecule has 1 aromatic carbocycles. The predicted molar refractivity (Wildman–Crippen MR) is 82.0 cm³/mol. The molecular formula is C10H17BS2Si2. The first kappa shape index (κ1) is 11.9. The van der Waals surface area contributed by atoms with Crippen molar-refractivity contribution < 1.29 is 0 Å². The van der Waals surface area contributed by atoms with Gasteiger partial charge in [-0.15, -0.1) is 0 Å². The van der Waals surface area contributed by atoms with Crippen molar-refractivity contribution in [2.75, 3.05) is 0 Å². The van der Waals surface area contributed by atoms with E-state index in [0.29, 0.717) is 0 Å². The van der Waals surface area contributed by atoms with Crippen LogP contribution in [0, 0.1) is 0 Å². The Balaban J connectivity index is 2.24. The van der Waals surface area contributed by atoms with Crippen molar-refractivity contribution in [3.63, 3.8) is 0 Å². The Hall–Kier alpha value is 0.419. The van der Waals surface area contributed by atoms with Gasteiger partial charge in [-0.2, -0.15) is 0 Å². The molecule has 0 aromatic heterocycles. The first-order valence-electron chi connectivity index (χ1n) is 5.33. The molecule has 1 aliphatic rings. The smallest absolute Gasteiger partial charge is 0.215 e. The van der Waals surface area contributed by atoms with Crippen LogP contribution in [0.15, 0.2) is 30.3 Å². The Labute approximate surface area is 103 Å². The minimum atomic E-state index is -0.995. The number of hydrogen-bond donors (Lipinski definition) is 0. The molecule has 15 heavy (non-hydrogen) atoms. The molecule has 0 bridgehead atoms. The Bertz CT molecular complexity index is 338. The van der Waals surface area contributed by atoms with E-state index >= 15 is 0 Å². The maximum atomic E-state index is 2.56. The molecule has 2 rings (SSSR count). The van der Waals surface area contributed by atoms with Gasteiger partial charge < -0.3 is 0 Å². The van der Waals surface area contributed by atoms with Crippen LogP contribution in [0.5, 0.6) is 0 Å². The molecule has 5 heteroatoms. The lowest BCUT2D eigenvalue weighted by Crippen LogP contribution is -2.45. The van der Waals surface area contributed by atoms with E-state index in [1.54, 1.807) is 0 Å². The molecule has 0 spiro atoms. The summed E-state index contributed by atoms with van der Waals surface area (Å²) < 4.78 is 0. The van der Waals surface area contributed by atoms with Gasteiger partial charge in [-0.05, 0) is 0 Å². The average molecular weight is 268 g/mol. The van der Waals surface area contributed by atoms with E-state index in [1.165, 1.54) is 5.46 Å². The van der Waals surface area contributed by atoms with Gasteiger partial charge in [0.25, 0.3) is 5.27 Å². The summed E-state index contributed by atoms with van der Waals surface area (Å²) in [5.74, 6) is 0. The quantitative estimate of drug-likeness (QED) is 0.716. The molecule has 0 radical (unpaired) electrons. The average Bonchev–Trinajstić information content (AvgIpc) is 2.38. The van der Waals surface area contributed by atoms with Gasteiger partial charge in [-0.3, -0.25) is 0 Å². The largest absolute Gasteiger partial charge is 0.296 e. The molecule has 0 saturated carbocycles. The fourth-order valence-corrected chi connectivity index (χ4v) is 27.2. The van der Waals surface area contributed by atoms with Crippen LogP contribution >= 0.6 is 22.1 Å². The van der Waals surface area contributed by atoms with E-state index in [-0.39, 0.29) is 0 Å². The van der Waals surface area contributed by atoms with Gasteiger partial charge in [0.1, 0.15) is 13.5 Å². The zero-order valence-corrected chi connectivity index (χ0v) is 13.4. The number of benzene rings is 1. The predicted octanol–water partition coefficient (Wildman–Crippen LogP) is 3.35. The zero-order valence-electron chi connectivity index (χ0n) is 9.78. The molecule has 1 aromatic rings. The van der Waals surface area contributed by atoms with Crippen molar-refractivity contribution in [3.8, 4) is 0 Å². The summed E-state index contributed by atoms with van der Waals surface area (Å²) in [6.07, 6.45) is 0. The van der Waals surface area contributed by atoms with Gasteiger partial charge in [-0.1, -0.05) is 62.0 Å². The van der Waals surface area contributed by atoms with Gasteiger partial charge >= 0.3 is 0 Å². The minimum absolute atomic E-state index is 0.717. The fourth-order valence-electron chi connectivity index (χ4n) is 1.59. The maximum Gasteiger partial charge on any atom is 0.296 e. The molecule has 0 N–H and O–H groups in total. The summed E-state index contributed by atoms with van der Waals surface area (Å²) >= 11 is 4.58. The number of hydrogen-bond acceptors (Lipinski definition) is 2. The van der Waals surface area contributed by atoms with Gasteiger partial charge in [0.15, 0.2) is 0 Å². The normalized spacial score (nSPS) is 23.1. The van der Waals surface area contributed by atoms with E-state index in [4.69, 9.17) is 0 Å². The molecule has 80 valence electrons. The lowest BCUT2D eigenvalue weighted by atomic mass is 9.93. The van der Waals surface area contributed by atoms with E-state index < -0.39 is 13.5 Å². The van der Waals surface area contributed by atoms with Gasteiger partial charge in [0.05, 0.1) is 0 Å². The van der Waals surface area contributed by atoms with Crippen molar-refractivity contribution in [2.24, 2.45) is 0 Å². The molecule has 0 nitrogen and oxygen atoms in total. The Kier molecular flexibility index (Phi) is 3.19. The molecule has 1 saturated heterocycles. The molecule has 0 unspecified atom stereocenters. The van der Waals surface area contributed by atoms with Gasteiger partial charge in [0, 0.05) is 0 Å². The lowest BCUT2D eigenvalue weighted by molar-refractivity contribution is 1.77. The highest BCUT2D eigenvalue weighted by Crippen LogP contribution is 2.49. The van der Waals surface area contributed by atoms with E-state index in [9.17, 15) is 0 Å². The zero-order chi connectivity index (χ0) is 11.1. The molecule has 1 fully saturated rings. The van der Waals surface area contributed by atoms with E-state index in [1.807, 2.05) is 0 Å². The van der Waals surface area contributed by atoms with Crippen LogP contribution in [0.2, 0.25) is 26.2 Å². The third-order valence-corrected chi connectivity index (χ3v) is 36.1. The summed E-state index contributed by atoms with van der Waals surface area (Å²) in [4.78, 5) is 0. The highest BCUT2D eigenvalue weighted by molar-refractivity contribution is 8.85. The van der Waals surface area contributed by atoms with E-state index in [0.717, 1.165) is 5.27 Å². The van der Waals surface area contributed by atoms with E-state index in [2.05, 4.69) is 78.6 Å². The fraction of sp³-hybridized carbons (Fsp3) is 0.400. The molecule has 1 heterocycles. The SMILES string of the molecule is C[Si]1(C)SB(c2ccccc2)S[Si]1(C)C. The minimum Gasteiger partial charge on any atom is -0.215 e. The number of rotatable bonds is 1. The second-order valence-corrected chi connectivity index (χ2v) is 30.0. The summed E-state index contributed by atoms with van der Waals surface area (Å²) in [7, 11) is 0. The summed E-state index contributed by atoms with van der Waals surface area (Å²) in [6, 6.07) is 11.0. The Morgan fingerprint density at radius 1 is 0.867 bits per heavy atom. The molecule has 0 amide bonds. The standard InChI is InChI=1S/C10H17BS2Si2/c1-14(2)12-11(13-15(14,3)4)10-8-6-5-7-9-10/h5-9H,1-4H3. The topological polar surface area (TPSA) is 0 Å². The van der Waals surface area contributed by atoms with Crippen molar-refractivity contribution in [1.29, 1.82) is 0 Å². The third-order valence-electron chi connectivity index (χ3n) is 3.32. The van der Waals surface area contributed by atoms with Crippen LogP contribution in [-0.4, -0.2) is 18.8 Å². The second kappa shape index (κ2) is 4.02. The molecule has 0 atom stereocenters. The van der Waals surface area contributed by atoms with Crippen LogP contribution in [-0.2, 0) is 0 Å². The van der Waals surface area contributed by atoms with Crippen LogP contribution in [0.25, 0.3) is 0 Å². The van der Waals surface area contributed by atoms with Gasteiger partial charge in [0.2, 0.25) is 0 Å². The Morgan fingerprint density at radius 3 is 1.80 bits per heavy atom. The molecular weight excluding hydrogens is 251 g/mol. The van der Waals surface area contributed by atoms with Crippen LogP contribution in [0.3, 0.4) is 0 Å². The summed E-state index contributed by atoms with van der Waals surface area (Å²) in [5, 5.41) is 0.717. The monoisotopic (exact) mass is 268 g/mol. The first-order chi connectivity index (χ1) is 6.92. The third kappa shape index (κ3) is 2.25. The second-order valence-electron chi connectivity index (χ2n) is 5.00. The Morgan fingerprint density at radius 2 is 1.33 bits per heavy atom. The van der Waals surface area contributed by atoms with Crippen molar-refractivity contribution in [1.82, 2.24) is 0 Å². The highest BCUT2D eigenvalue weighted by Gasteiger charge is 2.52. The van der Waals surface area contributed by atoms with Crippen LogP contribution < -0.4 is 5.46 Å². The van der Waals surface area contributed by atoms with Crippen LogP contribution in [0.4, 0.5) is 0 Å². The van der Waals surface area contributed by atoms with Gasteiger partial charge in [-0.25, -0.2) is 22.1 Å². The first-order valence-corrected chi connectivity index (χ1v) is 15.5. The van der Waals surface area contributed by atoms with Crippen molar-refractivity contribution >= 4 is 46.3 Å². The van der Waals surface area contributed by atoms with Crippen molar-refractivity contribution in [2.45, 2.75) is 26.2 Å². The van der Waals surface area contributed by atoms with Crippen LogP contribution in [0.1, 0.15) is 0 Å². The molecule has 0 aliphatic carbocycles. The van der Waals surface area contributed by atoms with Crippen molar-refractivity contribution in [3.05, 3.63) is 30.3 Å². The highest BCUT2D eigenvalue weighted by atomic mass is 32.5.